The van der Waals surface area contributed by atoms with E-state index in [1.54, 1.807) is 20.8 Å². The molecule has 0 bridgehead atoms. The van der Waals surface area contributed by atoms with Gasteiger partial charge < -0.3 is 49.6 Å². The summed E-state index contributed by atoms with van der Waals surface area (Å²) in [4.78, 5) is 0. The zero-order chi connectivity index (χ0) is 18.9. The molecule has 10 nitrogen and oxygen atoms in total. The van der Waals surface area contributed by atoms with E-state index < -0.39 is 67.5 Å². The van der Waals surface area contributed by atoms with Gasteiger partial charge in [-0.1, -0.05) is 0 Å². The minimum Gasteiger partial charge on any atom is -0.394 e. The van der Waals surface area contributed by atoms with Crippen LogP contribution in [-0.2, 0) is 18.9 Å². The highest BCUT2D eigenvalue weighted by Gasteiger charge is 2.48. The van der Waals surface area contributed by atoms with E-state index in [9.17, 15) is 30.6 Å². The third kappa shape index (κ3) is 4.86. The molecular formula is C15H28O10. The lowest BCUT2D eigenvalue weighted by molar-refractivity contribution is -0.354. The Labute approximate surface area is 145 Å². The molecular weight excluding hydrogens is 340 g/mol. The fraction of sp³-hybridized carbons (Fsp3) is 1.00. The summed E-state index contributed by atoms with van der Waals surface area (Å²) in [7, 11) is 0. The van der Waals surface area contributed by atoms with Crippen molar-refractivity contribution in [1.29, 1.82) is 0 Å². The number of aliphatic hydroxyl groups excluding tert-OH is 6. The Morgan fingerprint density at radius 1 is 0.920 bits per heavy atom. The Morgan fingerprint density at radius 3 is 2.12 bits per heavy atom. The van der Waals surface area contributed by atoms with Crippen LogP contribution in [0.25, 0.3) is 0 Å². The minimum atomic E-state index is -1.64. The van der Waals surface area contributed by atoms with Crippen LogP contribution in [-0.4, -0.2) is 105 Å². The molecule has 2 aliphatic rings. The third-order valence-electron chi connectivity index (χ3n) is 4.04. The molecule has 0 radical (unpaired) electrons. The second kappa shape index (κ2) is 8.09. The van der Waals surface area contributed by atoms with Crippen molar-refractivity contribution in [3.63, 3.8) is 0 Å². The van der Waals surface area contributed by atoms with Gasteiger partial charge in [-0.2, -0.15) is 0 Å². The van der Waals surface area contributed by atoms with Crippen LogP contribution in [0, 0.1) is 0 Å². The molecule has 2 rings (SSSR count). The minimum absolute atomic E-state index is 0.181. The predicted molar refractivity (Wildman–Crippen MR) is 81.2 cm³/mol. The van der Waals surface area contributed by atoms with Crippen molar-refractivity contribution in [3.8, 4) is 0 Å². The summed E-state index contributed by atoms with van der Waals surface area (Å²) < 4.78 is 21.5. The maximum Gasteiger partial charge on any atom is 0.187 e. The molecule has 3 unspecified atom stereocenters. The largest absolute Gasteiger partial charge is 0.394 e. The summed E-state index contributed by atoms with van der Waals surface area (Å²) in [6, 6.07) is 0. The molecule has 0 saturated carbocycles. The molecule has 2 heterocycles. The van der Waals surface area contributed by atoms with E-state index in [1.165, 1.54) is 0 Å². The predicted octanol–water partition coefficient (Wildman–Crippen LogP) is -2.94. The van der Waals surface area contributed by atoms with Crippen LogP contribution in [0.5, 0.6) is 0 Å². The molecule has 2 saturated heterocycles. The van der Waals surface area contributed by atoms with E-state index in [0.717, 1.165) is 0 Å². The maximum atomic E-state index is 10.4. The Hall–Kier alpha value is -0.400. The fourth-order valence-electron chi connectivity index (χ4n) is 2.73. The average molecular weight is 368 g/mol. The molecule has 10 heteroatoms. The lowest BCUT2D eigenvalue weighted by atomic mass is 9.98. The lowest BCUT2D eigenvalue weighted by Crippen LogP contribution is -2.63. The van der Waals surface area contributed by atoms with E-state index >= 15 is 0 Å². The molecule has 0 aromatic rings. The number of hydrogen-bond acceptors (Lipinski definition) is 10. The smallest absolute Gasteiger partial charge is 0.187 e. The molecule has 0 aromatic carbocycles. The zero-order valence-electron chi connectivity index (χ0n) is 14.4. The Bertz CT molecular complexity index is 425. The number of hydrogen-bond donors (Lipinski definition) is 6. The SMILES string of the molecule is CC(C)(C)O[C@@H]1OC[C@H](O)[C@H](O[C@H]2OC(CO)[C@H](O)[C@H](O)C2O)C1O. The van der Waals surface area contributed by atoms with Crippen LogP contribution >= 0.6 is 0 Å². The Kier molecular flexibility index (Phi) is 6.77. The fourth-order valence-corrected chi connectivity index (χ4v) is 2.73. The molecule has 0 amide bonds. The highest BCUT2D eigenvalue weighted by Crippen LogP contribution is 2.28. The van der Waals surface area contributed by atoms with Gasteiger partial charge in [0, 0.05) is 0 Å². The molecule has 0 aliphatic carbocycles. The van der Waals surface area contributed by atoms with Crippen LogP contribution in [0.2, 0.25) is 0 Å². The quantitative estimate of drug-likeness (QED) is 0.303. The Morgan fingerprint density at radius 2 is 1.56 bits per heavy atom. The van der Waals surface area contributed by atoms with Crippen molar-refractivity contribution in [2.45, 2.75) is 81.7 Å². The molecule has 25 heavy (non-hydrogen) atoms. The summed E-state index contributed by atoms with van der Waals surface area (Å²) in [5.74, 6) is 0. The van der Waals surface area contributed by atoms with Gasteiger partial charge in [0.15, 0.2) is 12.6 Å². The van der Waals surface area contributed by atoms with E-state index in [4.69, 9.17) is 18.9 Å². The summed E-state index contributed by atoms with van der Waals surface area (Å²) in [6.07, 6.45) is -12.3. The number of rotatable bonds is 4. The lowest BCUT2D eigenvalue weighted by Gasteiger charge is -2.44. The number of aliphatic hydroxyl groups is 6. The molecule has 0 aromatic heterocycles. The van der Waals surface area contributed by atoms with Crippen molar-refractivity contribution in [3.05, 3.63) is 0 Å². The van der Waals surface area contributed by atoms with E-state index in [0.29, 0.717) is 0 Å². The second-order valence-electron chi connectivity index (χ2n) is 7.29. The summed E-state index contributed by atoms with van der Waals surface area (Å²) >= 11 is 0. The molecule has 148 valence electrons. The monoisotopic (exact) mass is 368 g/mol. The molecule has 2 fully saturated rings. The van der Waals surface area contributed by atoms with E-state index in [1.807, 2.05) is 0 Å². The van der Waals surface area contributed by atoms with Crippen molar-refractivity contribution < 1.29 is 49.6 Å². The third-order valence-corrected chi connectivity index (χ3v) is 4.04. The van der Waals surface area contributed by atoms with Gasteiger partial charge in [-0.15, -0.1) is 0 Å². The average Bonchev–Trinajstić information content (AvgIpc) is 2.53. The number of ether oxygens (including phenoxy) is 4. The van der Waals surface area contributed by atoms with Gasteiger partial charge in [0.2, 0.25) is 0 Å². The van der Waals surface area contributed by atoms with E-state index in [2.05, 4.69) is 0 Å². The van der Waals surface area contributed by atoms with Crippen LogP contribution in [0.3, 0.4) is 0 Å². The first-order valence-corrected chi connectivity index (χ1v) is 8.16. The standard InChI is InChI=1S/C15H28O10/c1-15(2,3)25-13-11(21)12(6(17)5-22-13)24-14-10(20)9(19)8(18)7(4-16)23-14/h6-14,16-21H,4-5H2,1-3H3/t6-,7?,8-,9-,10?,11?,12-,13-,14+/m0/s1. The summed E-state index contributed by atoms with van der Waals surface area (Å²) in [6.45, 7) is 4.50. The van der Waals surface area contributed by atoms with Gasteiger partial charge in [-0.05, 0) is 20.8 Å². The molecule has 9 atom stereocenters. The van der Waals surface area contributed by atoms with Crippen LogP contribution in [0.4, 0.5) is 0 Å². The molecule has 0 spiro atoms. The van der Waals surface area contributed by atoms with Gasteiger partial charge in [0.25, 0.3) is 0 Å². The van der Waals surface area contributed by atoms with Gasteiger partial charge in [-0.25, -0.2) is 0 Å². The highest BCUT2D eigenvalue weighted by molar-refractivity contribution is 4.92. The Balaban J connectivity index is 2.08. The van der Waals surface area contributed by atoms with Gasteiger partial charge in [-0.3, -0.25) is 0 Å². The van der Waals surface area contributed by atoms with Crippen LogP contribution < -0.4 is 0 Å². The van der Waals surface area contributed by atoms with Gasteiger partial charge >= 0.3 is 0 Å². The maximum absolute atomic E-state index is 10.4. The first-order chi connectivity index (χ1) is 11.5. The normalized spacial score (nSPS) is 46.2. The first kappa shape index (κ1) is 20.9. The van der Waals surface area contributed by atoms with Crippen LogP contribution in [0.15, 0.2) is 0 Å². The second-order valence-corrected chi connectivity index (χ2v) is 7.29. The van der Waals surface area contributed by atoms with Crippen molar-refractivity contribution in [2.75, 3.05) is 13.2 Å². The molecule has 6 N–H and O–H groups in total. The van der Waals surface area contributed by atoms with Crippen molar-refractivity contribution in [2.24, 2.45) is 0 Å². The first-order valence-electron chi connectivity index (χ1n) is 8.16. The summed E-state index contributed by atoms with van der Waals surface area (Å²) in [5.41, 5.74) is -0.623. The zero-order valence-corrected chi connectivity index (χ0v) is 14.4. The van der Waals surface area contributed by atoms with Crippen LogP contribution in [0.1, 0.15) is 20.8 Å². The van der Waals surface area contributed by atoms with Gasteiger partial charge in [0.05, 0.1) is 18.8 Å². The molecule has 2 aliphatic heterocycles. The van der Waals surface area contributed by atoms with E-state index in [-0.39, 0.29) is 6.61 Å². The topological polar surface area (TPSA) is 158 Å². The highest BCUT2D eigenvalue weighted by atomic mass is 16.7. The summed E-state index contributed by atoms with van der Waals surface area (Å²) in [5, 5.41) is 59.2. The van der Waals surface area contributed by atoms with Gasteiger partial charge in [0.1, 0.15) is 42.7 Å². The van der Waals surface area contributed by atoms with Crippen molar-refractivity contribution >= 4 is 0 Å². The van der Waals surface area contributed by atoms with Crippen molar-refractivity contribution in [1.82, 2.24) is 0 Å².